The van der Waals surface area contributed by atoms with Gasteiger partial charge in [0.15, 0.2) is 0 Å². The van der Waals surface area contributed by atoms with Gasteiger partial charge >= 0.3 is 0 Å². The van der Waals surface area contributed by atoms with Crippen molar-refractivity contribution >= 4 is 17.3 Å². The maximum absolute atomic E-state index is 11.7. The lowest BCUT2D eigenvalue weighted by molar-refractivity contribution is -0.384. The van der Waals surface area contributed by atoms with E-state index in [0.717, 1.165) is 0 Å². The highest BCUT2D eigenvalue weighted by molar-refractivity contribution is 5.95. The van der Waals surface area contributed by atoms with E-state index in [1.165, 1.54) is 18.2 Å². The molecule has 0 saturated heterocycles. The van der Waals surface area contributed by atoms with E-state index in [9.17, 15) is 20.0 Å². The molecule has 1 aromatic rings. The van der Waals surface area contributed by atoms with Gasteiger partial charge in [-0.05, 0) is 25.0 Å². The van der Waals surface area contributed by atoms with E-state index >= 15 is 0 Å². The average molecular weight is 295 g/mol. The van der Waals surface area contributed by atoms with E-state index in [2.05, 4.69) is 10.6 Å². The first-order valence-corrected chi connectivity index (χ1v) is 6.84. The Morgan fingerprint density at radius 1 is 1.43 bits per heavy atom. The summed E-state index contributed by atoms with van der Waals surface area (Å²) in [6.07, 6.45) is 0. The fraction of sp³-hybridized carbons (Fsp3) is 0.500. The van der Waals surface area contributed by atoms with E-state index in [1.54, 1.807) is 6.92 Å². The number of carbonyl (C=O) groups excluding carboxylic acids is 1. The molecular weight excluding hydrogens is 274 g/mol. The molecule has 0 aliphatic rings. The molecule has 0 saturated carbocycles. The van der Waals surface area contributed by atoms with Crippen molar-refractivity contribution in [2.45, 2.75) is 26.8 Å². The van der Waals surface area contributed by atoms with Crippen molar-refractivity contribution in [3.05, 3.63) is 33.9 Å². The average Bonchev–Trinajstić information content (AvgIpc) is 2.44. The fourth-order valence-corrected chi connectivity index (χ4v) is 1.83. The molecule has 0 aliphatic heterocycles. The van der Waals surface area contributed by atoms with Crippen molar-refractivity contribution in [2.75, 3.05) is 18.5 Å². The second-order valence-electron chi connectivity index (χ2n) is 5.03. The van der Waals surface area contributed by atoms with Crippen LogP contribution in [0.3, 0.4) is 0 Å². The summed E-state index contributed by atoms with van der Waals surface area (Å²) >= 11 is 0. The Morgan fingerprint density at radius 3 is 2.57 bits per heavy atom. The maximum Gasteiger partial charge on any atom is 0.293 e. The minimum absolute atomic E-state index is 0.109. The predicted octanol–water partition coefficient (Wildman–Crippen LogP) is 1.77. The third-order valence-corrected chi connectivity index (χ3v) is 3.14. The van der Waals surface area contributed by atoms with Crippen LogP contribution in [0.2, 0.25) is 0 Å². The van der Waals surface area contributed by atoms with Crippen LogP contribution in [0.5, 0.6) is 0 Å². The molecular formula is C14H21N3O4. The van der Waals surface area contributed by atoms with Crippen LogP contribution in [0.4, 0.5) is 11.4 Å². The third kappa shape index (κ3) is 4.42. The molecule has 0 heterocycles. The summed E-state index contributed by atoms with van der Waals surface area (Å²) in [6.45, 7) is 5.90. The van der Waals surface area contributed by atoms with Crippen LogP contribution in [-0.4, -0.2) is 35.1 Å². The second kappa shape index (κ2) is 7.58. The Hall–Kier alpha value is -2.15. The summed E-state index contributed by atoms with van der Waals surface area (Å²) in [4.78, 5) is 22.3. The molecule has 0 radical (unpaired) electrons. The van der Waals surface area contributed by atoms with Gasteiger partial charge in [0.1, 0.15) is 5.69 Å². The normalized spacial score (nSPS) is 12.0. The zero-order chi connectivity index (χ0) is 16.0. The van der Waals surface area contributed by atoms with Gasteiger partial charge < -0.3 is 15.7 Å². The number of aliphatic hydroxyl groups is 1. The number of amides is 1. The molecule has 7 nitrogen and oxygen atoms in total. The lowest BCUT2D eigenvalue weighted by Crippen LogP contribution is -2.30. The first-order valence-electron chi connectivity index (χ1n) is 6.84. The van der Waals surface area contributed by atoms with Gasteiger partial charge in [-0.3, -0.25) is 14.9 Å². The van der Waals surface area contributed by atoms with E-state index < -0.39 is 4.92 Å². The van der Waals surface area contributed by atoms with Gasteiger partial charge in [-0.15, -0.1) is 0 Å². The molecule has 0 bridgehead atoms. The molecule has 21 heavy (non-hydrogen) atoms. The molecule has 1 atom stereocenters. The van der Waals surface area contributed by atoms with E-state index in [4.69, 9.17) is 0 Å². The molecule has 3 N–H and O–H groups in total. The topological polar surface area (TPSA) is 104 Å². The summed E-state index contributed by atoms with van der Waals surface area (Å²) in [7, 11) is 0. The molecule has 116 valence electrons. The Labute approximate surface area is 123 Å². The van der Waals surface area contributed by atoms with Crippen molar-refractivity contribution in [1.29, 1.82) is 0 Å². The van der Waals surface area contributed by atoms with Crippen LogP contribution in [0.1, 0.15) is 31.1 Å². The number of benzene rings is 1. The van der Waals surface area contributed by atoms with Crippen LogP contribution in [0.25, 0.3) is 0 Å². The van der Waals surface area contributed by atoms with Crippen LogP contribution >= 0.6 is 0 Å². The van der Waals surface area contributed by atoms with Crippen molar-refractivity contribution in [3.8, 4) is 0 Å². The lowest BCUT2D eigenvalue weighted by atomic mass is 10.0. The van der Waals surface area contributed by atoms with Gasteiger partial charge in [0.25, 0.3) is 11.6 Å². The Kier molecular flexibility index (Phi) is 6.10. The number of carbonyl (C=O) groups is 1. The van der Waals surface area contributed by atoms with Gasteiger partial charge in [0.2, 0.25) is 0 Å². The van der Waals surface area contributed by atoms with Gasteiger partial charge in [0, 0.05) is 18.2 Å². The van der Waals surface area contributed by atoms with E-state index in [1.807, 2.05) is 13.8 Å². The first kappa shape index (κ1) is 16.9. The number of nitrogens with zero attached hydrogens (tertiary/aromatic N) is 1. The van der Waals surface area contributed by atoms with Crippen LogP contribution in [-0.2, 0) is 0 Å². The first-order chi connectivity index (χ1) is 9.90. The molecule has 7 heteroatoms. The number of aliphatic hydroxyl groups excluding tert-OH is 1. The number of nitro groups is 1. The van der Waals surface area contributed by atoms with Crippen molar-refractivity contribution in [3.63, 3.8) is 0 Å². The highest BCUT2D eigenvalue weighted by atomic mass is 16.6. The second-order valence-corrected chi connectivity index (χ2v) is 5.03. The smallest absolute Gasteiger partial charge is 0.293 e. The summed E-state index contributed by atoms with van der Waals surface area (Å²) < 4.78 is 0. The van der Waals surface area contributed by atoms with Gasteiger partial charge in [-0.25, -0.2) is 0 Å². The van der Waals surface area contributed by atoms with E-state index in [-0.39, 0.29) is 35.7 Å². The molecule has 0 spiro atoms. The Balaban J connectivity index is 3.10. The molecule has 1 unspecified atom stereocenters. The summed E-state index contributed by atoms with van der Waals surface area (Å²) in [5, 5.41) is 26.0. The van der Waals surface area contributed by atoms with Crippen LogP contribution in [0.15, 0.2) is 18.2 Å². The number of rotatable bonds is 7. The van der Waals surface area contributed by atoms with E-state index in [0.29, 0.717) is 12.2 Å². The van der Waals surface area contributed by atoms with Gasteiger partial charge in [-0.2, -0.15) is 0 Å². The summed E-state index contributed by atoms with van der Waals surface area (Å²) in [5.41, 5.74) is 0.345. The monoisotopic (exact) mass is 295 g/mol. The minimum Gasteiger partial charge on any atom is -0.394 e. The quantitative estimate of drug-likeness (QED) is 0.525. The van der Waals surface area contributed by atoms with Crippen molar-refractivity contribution in [1.82, 2.24) is 5.32 Å². The largest absolute Gasteiger partial charge is 0.394 e. The highest BCUT2D eigenvalue weighted by Gasteiger charge is 2.21. The molecule has 1 amide bonds. The van der Waals surface area contributed by atoms with Crippen LogP contribution < -0.4 is 10.6 Å². The summed E-state index contributed by atoms with van der Waals surface area (Å²) in [5.74, 6) is -0.243. The van der Waals surface area contributed by atoms with Crippen LogP contribution in [0, 0.1) is 16.0 Å². The maximum atomic E-state index is 11.7. The molecule has 0 fully saturated rings. The Morgan fingerprint density at radius 2 is 2.10 bits per heavy atom. The SMILES string of the molecule is CCNC(=O)c1ccc(NC(CO)C(C)C)c([N+](=O)[O-])c1. The fourth-order valence-electron chi connectivity index (χ4n) is 1.83. The van der Waals surface area contributed by atoms with Gasteiger partial charge in [0.05, 0.1) is 17.6 Å². The molecule has 0 aliphatic carbocycles. The number of nitro benzene ring substituents is 1. The molecule has 1 rings (SSSR count). The third-order valence-electron chi connectivity index (χ3n) is 3.14. The molecule has 1 aromatic carbocycles. The standard InChI is InChI=1S/C14H21N3O4/c1-4-15-14(19)10-5-6-11(13(7-10)17(20)21)16-12(8-18)9(2)3/h5-7,9,12,16,18H,4,8H2,1-3H3,(H,15,19). The van der Waals surface area contributed by atoms with Crippen molar-refractivity contribution in [2.24, 2.45) is 5.92 Å². The van der Waals surface area contributed by atoms with Gasteiger partial charge in [-0.1, -0.05) is 13.8 Å². The number of hydrogen-bond donors (Lipinski definition) is 3. The molecule has 0 aromatic heterocycles. The zero-order valence-electron chi connectivity index (χ0n) is 12.4. The number of hydrogen-bond acceptors (Lipinski definition) is 5. The lowest BCUT2D eigenvalue weighted by Gasteiger charge is -2.21. The zero-order valence-corrected chi connectivity index (χ0v) is 12.4. The minimum atomic E-state index is -0.542. The number of anilines is 1. The Bertz CT molecular complexity index is 517. The highest BCUT2D eigenvalue weighted by Crippen LogP contribution is 2.27. The number of nitrogens with one attached hydrogen (secondary N) is 2. The predicted molar refractivity (Wildman–Crippen MR) is 80.4 cm³/mol. The summed E-state index contributed by atoms with van der Waals surface area (Å²) in [6, 6.07) is 3.96. The van der Waals surface area contributed by atoms with Crippen molar-refractivity contribution < 1.29 is 14.8 Å².